The molecule has 0 aliphatic rings. The molecule has 0 aliphatic carbocycles. The number of primary amides is 1. The first kappa shape index (κ1) is 11.4. The summed E-state index contributed by atoms with van der Waals surface area (Å²) in [5.41, 5.74) is 5.20. The molecule has 0 fully saturated rings. The number of hydrogen-bond acceptors (Lipinski definition) is 3. The second kappa shape index (κ2) is 5.97. The lowest BCUT2D eigenvalue weighted by Gasteiger charge is -2.20. The van der Waals surface area contributed by atoms with Crippen molar-refractivity contribution < 1.29 is 4.79 Å². The molecule has 0 heterocycles. The standard InChI is InChI=1S/C8H19N3O/c1-4-10-7(8(9)12)6-11(3)5-2/h7,10H,4-6H2,1-3H3,(H2,9,12). The highest BCUT2D eigenvalue weighted by atomic mass is 16.1. The lowest BCUT2D eigenvalue weighted by Crippen LogP contribution is -2.48. The van der Waals surface area contributed by atoms with Gasteiger partial charge in [0, 0.05) is 6.54 Å². The Morgan fingerprint density at radius 2 is 2.17 bits per heavy atom. The average molecular weight is 173 g/mol. The van der Waals surface area contributed by atoms with Gasteiger partial charge in [-0.05, 0) is 20.1 Å². The van der Waals surface area contributed by atoms with Crippen molar-refractivity contribution >= 4 is 5.91 Å². The van der Waals surface area contributed by atoms with Crippen LogP contribution in [-0.4, -0.2) is 43.5 Å². The predicted molar refractivity (Wildman–Crippen MR) is 49.8 cm³/mol. The number of nitrogens with two attached hydrogens (primary N) is 1. The Morgan fingerprint density at radius 1 is 1.58 bits per heavy atom. The van der Waals surface area contributed by atoms with Crippen molar-refractivity contribution in [3.63, 3.8) is 0 Å². The summed E-state index contributed by atoms with van der Waals surface area (Å²) in [6, 6.07) is -0.222. The van der Waals surface area contributed by atoms with Crippen LogP contribution in [0.1, 0.15) is 13.8 Å². The second-order valence-corrected chi connectivity index (χ2v) is 2.87. The van der Waals surface area contributed by atoms with E-state index < -0.39 is 0 Å². The van der Waals surface area contributed by atoms with Crippen molar-refractivity contribution in [2.45, 2.75) is 19.9 Å². The lowest BCUT2D eigenvalue weighted by molar-refractivity contribution is -0.120. The third-order valence-corrected chi connectivity index (χ3v) is 1.83. The highest BCUT2D eigenvalue weighted by Crippen LogP contribution is 1.87. The molecule has 1 amide bonds. The van der Waals surface area contributed by atoms with E-state index in [4.69, 9.17) is 5.73 Å². The Bertz CT molecular complexity index is 138. The van der Waals surface area contributed by atoms with Gasteiger partial charge in [-0.15, -0.1) is 0 Å². The molecular formula is C8H19N3O. The first-order chi connectivity index (χ1) is 5.61. The fourth-order valence-electron chi connectivity index (χ4n) is 0.942. The van der Waals surface area contributed by atoms with E-state index in [0.717, 1.165) is 13.1 Å². The normalized spacial score (nSPS) is 13.3. The van der Waals surface area contributed by atoms with Crippen LogP contribution in [0.3, 0.4) is 0 Å². The molecule has 0 bridgehead atoms. The molecule has 0 saturated carbocycles. The molecule has 0 aromatic carbocycles. The minimum absolute atomic E-state index is 0.222. The molecule has 0 radical (unpaired) electrons. The van der Waals surface area contributed by atoms with Crippen LogP contribution in [-0.2, 0) is 4.79 Å². The zero-order valence-electron chi connectivity index (χ0n) is 8.13. The van der Waals surface area contributed by atoms with Gasteiger partial charge in [0.2, 0.25) is 5.91 Å². The lowest BCUT2D eigenvalue weighted by atomic mass is 10.2. The maximum atomic E-state index is 10.9. The van der Waals surface area contributed by atoms with Gasteiger partial charge >= 0.3 is 0 Å². The maximum absolute atomic E-state index is 10.9. The molecule has 0 aliphatic heterocycles. The van der Waals surface area contributed by atoms with Gasteiger partial charge in [0.1, 0.15) is 0 Å². The van der Waals surface area contributed by atoms with E-state index in [1.54, 1.807) is 0 Å². The van der Waals surface area contributed by atoms with Gasteiger partial charge in [0.25, 0.3) is 0 Å². The minimum atomic E-state index is -0.280. The number of amides is 1. The van der Waals surface area contributed by atoms with Crippen LogP contribution < -0.4 is 11.1 Å². The van der Waals surface area contributed by atoms with E-state index >= 15 is 0 Å². The fourth-order valence-corrected chi connectivity index (χ4v) is 0.942. The van der Waals surface area contributed by atoms with Gasteiger partial charge in [-0.25, -0.2) is 0 Å². The van der Waals surface area contributed by atoms with Crippen molar-refractivity contribution in [3.8, 4) is 0 Å². The molecule has 0 aromatic rings. The van der Waals surface area contributed by atoms with Gasteiger partial charge in [0.05, 0.1) is 6.04 Å². The highest BCUT2D eigenvalue weighted by molar-refractivity contribution is 5.80. The largest absolute Gasteiger partial charge is 0.368 e. The third kappa shape index (κ3) is 4.31. The van der Waals surface area contributed by atoms with E-state index in [2.05, 4.69) is 10.2 Å². The van der Waals surface area contributed by atoms with Crippen molar-refractivity contribution in [3.05, 3.63) is 0 Å². The summed E-state index contributed by atoms with van der Waals surface area (Å²) in [7, 11) is 1.97. The van der Waals surface area contributed by atoms with Crippen molar-refractivity contribution in [2.75, 3.05) is 26.7 Å². The highest BCUT2D eigenvalue weighted by Gasteiger charge is 2.14. The zero-order chi connectivity index (χ0) is 9.56. The summed E-state index contributed by atoms with van der Waals surface area (Å²) in [4.78, 5) is 12.9. The predicted octanol–water partition coefficient (Wildman–Crippen LogP) is -0.598. The number of carbonyl (C=O) groups is 1. The Kier molecular flexibility index (Phi) is 5.66. The third-order valence-electron chi connectivity index (χ3n) is 1.83. The average Bonchev–Trinajstić information content (AvgIpc) is 2.03. The van der Waals surface area contributed by atoms with Gasteiger partial charge in [-0.2, -0.15) is 0 Å². The molecule has 12 heavy (non-hydrogen) atoms. The quantitative estimate of drug-likeness (QED) is 0.564. The van der Waals surface area contributed by atoms with E-state index in [1.807, 2.05) is 20.9 Å². The molecule has 0 spiro atoms. The summed E-state index contributed by atoms with van der Waals surface area (Å²) in [5.74, 6) is -0.280. The fraction of sp³-hybridized carbons (Fsp3) is 0.875. The molecule has 0 aromatic heterocycles. The second-order valence-electron chi connectivity index (χ2n) is 2.87. The van der Waals surface area contributed by atoms with Crippen LogP contribution >= 0.6 is 0 Å². The maximum Gasteiger partial charge on any atom is 0.235 e. The molecule has 3 N–H and O–H groups in total. The van der Waals surface area contributed by atoms with E-state index in [9.17, 15) is 4.79 Å². The Labute approximate surface area is 74.1 Å². The summed E-state index contributed by atoms with van der Waals surface area (Å²) in [6.45, 7) is 6.38. The van der Waals surface area contributed by atoms with Crippen LogP contribution in [0, 0.1) is 0 Å². The number of hydrogen-bond donors (Lipinski definition) is 2. The van der Waals surface area contributed by atoms with Gasteiger partial charge in [0.15, 0.2) is 0 Å². The first-order valence-electron chi connectivity index (χ1n) is 4.33. The van der Waals surface area contributed by atoms with Gasteiger partial charge in [-0.3, -0.25) is 4.79 Å². The monoisotopic (exact) mass is 173 g/mol. The molecule has 0 saturated heterocycles. The van der Waals surface area contributed by atoms with Gasteiger partial charge in [-0.1, -0.05) is 13.8 Å². The van der Waals surface area contributed by atoms with Crippen molar-refractivity contribution in [1.29, 1.82) is 0 Å². The summed E-state index contributed by atoms with van der Waals surface area (Å²) >= 11 is 0. The Morgan fingerprint density at radius 3 is 2.50 bits per heavy atom. The first-order valence-corrected chi connectivity index (χ1v) is 4.33. The number of nitrogens with one attached hydrogen (secondary N) is 1. The summed E-state index contributed by atoms with van der Waals surface area (Å²) in [5, 5.41) is 3.03. The molecule has 1 unspecified atom stereocenters. The summed E-state index contributed by atoms with van der Waals surface area (Å²) in [6.07, 6.45) is 0. The number of likely N-dealkylation sites (N-methyl/N-ethyl adjacent to an activating group) is 2. The Balaban J connectivity index is 3.86. The Hall–Kier alpha value is -0.610. The van der Waals surface area contributed by atoms with Crippen LogP contribution in [0.25, 0.3) is 0 Å². The van der Waals surface area contributed by atoms with Crippen molar-refractivity contribution in [1.82, 2.24) is 10.2 Å². The summed E-state index contributed by atoms with van der Waals surface area (Å²) < 4.78 is 0. The van der Waals surface area contributed by atoms with Crippen LogP contribution in [0.15, 0.2) is 0 Å². The minimum Gasteiger partial charge on any atom is -0.368 e. The van der Waals surface area contributed by atoms with Crippen LogP contribution in [0.4, 0.5) is 0 Å². The molecule has 0 rings (SSSR count). The topological polar surface area (TPSA) is 58.4 Å². The van der Waals surface area contributed by atoms with Crippen LogP contribution in [0.2, 0.25) is 0 Å². The zero-order valence-corrected chi connectivity index (χ0v) is 8.13. The molecule has 72 valence electrons. The van der Waals surface area contributed by atoms with Crippen LogP contribution in [0.5, 0.6) is 0 Å². The van der Waals surface area contributed by atoms with Gasteiger partial charge < -0.3 is 16.0 Å². The van der Waals surface area contributed by atoms with Crippen molar-refractivity contribution in [2.24, 2.45) is 5.73 Å². The SMILES string of the molecule is CCNC(CN(C)CC)C(N)=O. The number of rotatable bonds is 6. The molecular weight excluding hydrogens is 154 g/mol. The van der Waals surface area contributed by atoms with E-state index in [0.29, 0.717) is 6.54 Å². The smallest absolute Gasteiger partial charge is 0.235 e. The number of carbonyl (C=O) groups excluding carboxylic acids is 1. The molecule has 1 atom stereocenters. The molecule has 4 heteroatoms. The van der Waals surface area contributed by atoms with E-state index in [1.165, 1.54) is 0 Å². The molecule has 4 nitrogen and oxygen atoms in total. The number of nitrogens with zero attached hydrogens (tertiary/aromatic N) is 1. The van der Waals surface area contributed by atoms with E-state index in [-0.39, 0.29) is 11.9 Å².